The Hall–Kier alpha value is -2.87. The lowest BCUT2D eigenvalue weighted by Crippen LogP contribution is -2.76. The summed E-state index contributed by atoms with van der Waals surface area (Å²) in [4.78, 5) is 2.90. The van der Waals surface area contributed by atoms with Gasteiger partial charge in [0.25, 0.3) is 0 Å². The summed E-state index contributed by atoms with van der Waals surface area (Å²) in [5.41, 5.74) is 2.80. The summed E-state index contributed by atoms with van der Waals surface area (Å²) < 4.78 is 40.8. The number of aryl methyl sites for hydroxylation is 1. The highest BCUT2D eigenvalue weighted by molar-refractivity contribution is 7.91. The molecule has 5 aliphatic rings. The van der Waals surface area contributed by atoms with Crippen molar-refractivity contribution in [2.75, 3.05) is 18.8 Å². The van der Waals surface area contributed by atoms with Crippen molar-refractivity contribution >= 4 is 9.84 Å². The van der Waals surface area contributed by atoms with Crippen molar-refractivity contribution in [3.05, 3.63) is 89.0 Å². The zero-order valence-electron chi connectivity index (χ0n) is 24.2. The quantitative estimate of drug-likeness (QED) is 0.390. The number of benzene rings is 3. The predicted molar refractivity (Wildman–Crippen MR) is 161 cm³/mol. The molecule has 1 N–H and O–H groups in total. The Bertz CT molecular complexity index is 1620. The number of piperidine rings is 1. The molecule has 1 saturated heterocycles. The van der Waals surface area contributed by atoms with Crippen molar-refractivity contribution in [1.29, 1.82) is 0 Å². The van der Waals surface area contributed by atoms with Gasteiger partial charge in [-0.3, -0.25) is 4.90 Å². The fourth-order valence-electron chi connectivity index (χ4n) is 8.72. The highest BCUT2D eigenvalue weighted by Gasteiger charge is 2.73. The van der Waals surface area contributed by atoms with Crippen LogP contribution < -0.4 is 9.47 Å². The van der Waals surface area contributed by atoms with Gasteiger partial charge in [0.15, 0.2) is 21.3 Å². The monoisotopic (exact) mass is 585 g/mol. The zero-order valence-corrected chi connectivity index (χ0v) is 25.0. The Morgan fingerprint density at radius 1 is 1.00 bits per heavy atom. The van der Waals surface area contributed by atoms with Crippen molar-refractivity contribution < 1.29 is 23.0 Å². The molecule has 2 heterocycles. The van der Waals surface area contributed by atoms with E-state index in [0.717, 1.165) is 54.3 Å². The largest absolute Gasteiger partial charge is 0.485 e. The fourth-order valence-corrected chi connectivity index (χ4v) is 10.4. The van der Waals surface area contributed by atoms with Crippen LogP contribution in [0, 0.1) is 18.8 Å². The van der Waals surface area contributed by atoms with Gasteiger partial charge in [-0.1, -0.05) is 54.1 Å². The molecule has 2 aliphatic heterocycles. The van der Waals surface area contributed by atoms with Gasteiger partial charge in [-0.15, -0.1) is 0 Å². The van der Waals surface area contributed by atoms with Gasteiger partial charge in [0, 0.05) is 24.1 Å². The van der Waals surface area contributed by atoms with Gasteiger partial charge >= 0.3 is 0 Å². The lowest BCUT2D eigenvalue weighted by atomic mass is 9.47. The molecular weight excluding hydrogens is 546 g/mol. The van der Waals surface area contributed by atoms with Crippen LogP contribution in [-0.4, -0.2) is 55.0 Å². The number of likely N-dealkylation sites (tertiary alicyclic amines) is 1. The van der Waals surface area contributed by atoms with Gasteiger partial charge in [-0.25, -0.2) is 8.42 Å². The van der Waals surface area contributed by atoms with E-state index in [2.05, 4.69) is 11.0 Å². The normalized spacial score (nSPS) is 31.3. The maximum atomic E-state index is 13.7. The second-order valence-electron chi connectivity index (χ2n) is 13.4. The molecule has 3 aromatic rings. The summed E-state index contributed by atoms with van der Waals surface area (Å²) in [5, 5.41) is 12.9. The molecule has 3 aromatic carbocycles. The van der Waals surface area contributed by atoms with E-state index in [1.807, 2.05) is 55.5 Å². The fraction of sp³-hybridized carbons (Fsp3) is 0.486. The molecule has 2 bridgehead atoms. The third kappa shape index (κ3) is 4.00. The van der Waals surface area contributed by atoms with Crippen molar-refractivity contribution in [2.24, 2.45) is 11.8 Å². The van der Waals surface area contributed by atoms with Crippen molar-refractivity contribution in [1.82, 2.24) is 4.90 Å². The van der Waals surface area contributed by atoms with Crippen molar-refractivity contribution in [3.8, 4) is 11.5 Å². The summed E-state index contributed by atoms with van der Waals surface area (Å²) in [5.74, 6) is 1.93. The van der Waals surface area contributed by atoms with Crippen LogP contribution in [0.25, 0.3) is 0 Å². The molecule has 7 heteroatoms. The minimum Gasteiger partial charge on any atom is -0.485 e. The second-order valence-corrected chi connectivity index (χ2v) is 15.5. The number of sulfone groups is 1. The first-order valence-electron chi connectivity index (χ1n) is 15.5. The molecule has 0 radical (unpaired) electrons. The maximum Gasteiger partial charge on any atom is 0.178 e. The molecule has 6 nitrogen and oxygen atoms in total. The van der Waals surface area contributed by atoms with Gasteiger partial charge in [-0.2, -0.15) is 0 Å². The van der Waals surface area contributed by atoms with Gasteiger partial charge in [-0.05, 0) is 87.2 Å². The van der Waals surface area contributed by atoms with Gasteiger partial charge in [0.05, 0.1) is 21.7 Å². The first kappa shape index (κ1) is 26.7. The number of nitrogens with zero attached hydrogens (tertiary/aromatic N) is 1. The topological polar surface area (TPSA) is 76.1 Å². The van der Waals surface area contributed by atoms with Crippen LogP contribution in [0.4, 0.5) is 0 Å². The highest BCUT2D eigenvalue weighted by Crippen LogP contribution is 2.66. The van der Waals surface area contributed by atoms with Crippen LogP contribution in [0.2, 0.25) is 0 Å². The Balaban J connectivity index is 1.20. The Kier molecular flexibility index (Phi) is 6.09. The third-order valence-electron chi connectivity index (χ3n) is 10.9. The van der Waals surface area contributed by atoms with E-state index in [1.165, 1.54) is 18.4 Å². The third-order valence-corrected chi connectivity index (χ3v) is 12.8. The van der Waals surface area contributed by atoms with Gasteiger partial charge in [0.2, 0.25) is 0 Å². The Morgan fingerprint density at radius 3 is 2.55 bits per heavy atom. The summed E-state index contributed by atoms with van der Waals surface area (Å²) in [6.45, 7) is 4.32. The Labute approximate surface area is 248 Å². The summed E-state index contributed by atoms with van der Waals surface area (Å²) >= 11 is 0. The average molecular weight is 586 g/mol. The molecule has 1 spiro atoms. The van der Waals surface area contributed by atoms with E-state index in [1.54, 1.807) is 12.1 Å². The first-order chi connectivity index (χ1) is 20.3. The SMILES string of the molecule is Cc1ccc(S(=O)(=O)C[C@H]2CC[C@@]3(O)[C@H]4Cc5ccc(OCc6ccccc6)c6c5[C@@]3(CCN4CC3CC3)[C@H]2O6)cc1. The van der Waals surface area contributed by atoms with E-state index in [-0.39, 0.29) is 17.7 Å². The van der Waals surface area contributed by atoms with Crippen molar-refractivity contribution in [2.45, 2.75) is 80.1 Å². The van der Waals surface area contributed by atoms with Crippen LogP contribution >= 0.6 is 0 Å². The van der Waals surface area contributed by atoms with E-state index in [0.29, 0.717) is 30.1 Å². The van der Waals surface area contributed by atoms with Crippen LogP contribution in [0.15, 0.2) is 71.6 Å². The maximum absolute atomic E-state index is 13.7. The van der Waals surface area contributed by atoms with E-state index >= 15 is 0 Å². The lowest BCUT2D eigenvalue weighted by molar-refractivity contribution is -0.195. The summed E-state index contributed by atoms with van der Waals surface area (Å²) in [6.07, 6.45) is 4.89. The molecular formula is C35H39NO5S. The molecule has 3 fully saturated rings. The summed E-state index contributed by atoms with van der Waals surface area (Å²) in [6, 6.07) is 21.4. The molecule has 220 valence electrons. The minimum absolute atomic E-state index is 0.0124. The van der Waals surface area contributed by atoms with Crippen LogP contribution in [0.1, 0.15) is 54.4 Å². The smallest absolute Gasteiger partial charge is 0.178 e. The standard InChI is InChI=1S/C35H39NO5S/c1-23-7-12-28(13-8-23)42(38,39)22-27-15-16-35(37)30-19-26-11-14-29(40-21-25-5-3-2-4-6-25)32-31(26)34(35,33(27)41-32)17-18-36(30)20-24-9-10-24/h2-8,11-14,24,27,30,33,37H,9-10,15-22H2,1H3/t27-,30-,33+,34+,35-/m1/s1. The van der Waals surface area contributed by atoms with Gasteiger partial charge in [0.1, 0.15) is 12.7 Å². The van der Waals surface area contributed by atoms with E-state index in [9.17, 15) is 13.5 Å². The van der Waals surface area contributed by atoms with Gasteiger partial charge < -0.3 is 14.6 Å². The van der Waals surface area contributed by atoms with Crippen LogP contribution in [0.3, 0.4) is 0 Å². The molecule has 8 rings (SSSR count). The molecule has 5 atom stereocenters. The highest BCUT2D eigenvalue weighted by atomic mass is 32.2. The average Bonchev–Trinajstić information content (AvgIpc) is 3.73. The molecule has 3 aliphatic carbocycles. The van der Waals surface area contributed by atoms with Crippen LogP contribution in [0.5, 0.6) is 11.5 Å². The minimum atomic E-state index is -3.54. The number of hydrogen-bond donors (Lipinski definition) is 1. The summed E-state index contributed by atoms with van der Waals surface area (Å²) in [7, 11) is -3.54. The molecule has 0 aromatic heterocycles. The second kappa shape index (κ2) is 9.57. The van der Waals surface area contributed by atoms with Crippen LogP contribution in [-0.2, 0) is 28.3 Å². The Morgan fingerprint density at radius 2 is 1.79 bits per heavy atom. The van der Waals surface area contributed by atoms with Crippen molar-refractivity contribution in [3.63, 3.8) is 0 Å². The number of rotatable bonds is 8. The number of hydrogen-bond acceptors (Lipinski definition) is 6. The molecule has 0 unspecified atom stereocenters. The molecule has 2 saturated carbocycles. The molecule has 42 heavy (non-hydrogen) atoms. The first-order valence-corrected chi connectivity index (χ1v) is 17.2. The number of ether oxygens (including phenoxy) is 2. The lowest BCUT2D eigenvalue weighted by Gasteiger charge is -2.64. The zero-order chi connectivity index (χ0) is 28.7. The predicted octanol–water partition coefficient (Wildman–Crippen LogP) is 5.23. The number of aliphatic hydroxyl groups is 1. The molecule has 0 amide bonds. The van der Waals surface area contributed by atoms with E-state index < -0.39 is 27.0 Å². The van der Waals surface area contributed by atoms with E-state index in [4.69, 9.17) is 9.47 Å².